The SMILES string of the molecule is O=C(NCCNc1ccc(OCCO)cc1)c1cn(-c2ccccc2)nc1C(F)(F)F. The number of nitrogens with zero attached hydrogens (tertiary/aromatic N) is 2. The summed E-state index contributed by atoms with van der Waals surface area (Å²) in [6, 6.07) is 15.2. The van der Waals surface area contributed by atoms with Gasteiger partial charge in [0, 0.05) is 25.0 Å². The van der Waals surface area contributed by atoms with Crippen LogP contribution in [-0.2, 0) is 6.18 Å². The Morgan fingerprint density at radius 2 is 1.77 bits per heavy atom. The van der Waals surface area contributed by atoms with Crippen LogP contribution in [0.15, 0.2) is 60.8 Å². The van der Waals surface area contributed by atoms with Crippen LogP contribution in [0, 0.1) is 0 Å². The van der Waals surface area contributed by atoms with Gasteiger partial charge in [0.2, 0.25) is 0 Å². The van der Waals surface area contributed by atoms with Gasteiger partial charge in [0.25, 0.3) is 5.91 Å². The van der Waals surface area contributed by atoms with Crippen molar-refractivity contribution in [3.63, 3.8) is 0 Å². The lowest BCUT2D eigenvalue weighted by molar-refractivity contribution is -0.141. The van der Waals surface area contributed by atoms with Gasteiger partial charge in [0.1, 0.15) is 12.4 Å². The van der Waals surface area contributed by atoms with E-state index in [1.54, 1.807) is 54.6 Å². The summed E-state index contributed by atoms with van der Waals surface area (Å²) in [5.74, 6) is -0.257. The lowest BCUT2D eigenvalue weighted by Gasteiger charge is -2.10. The summed E-state index contributed by atoms with van der Waals surface area (Å²) in [6.07, 6.45) is -3.68. The second kappa shape index (κ2) is 9.98. The summed E-state index contributed by atoms with van der Waals surface area (Å²) < 4.78 is 46.4. The van der Waals surface area contributed by atoms with E-state index in [4.69, 9.17) is 9.84 Å². The number of aromatic nitrogens is 2. The zero-order valence-corrected chi connectivity index (χ0v) is 16.4. The van der Waals surface area contributed by atoms with E-state index in [0.717, 1.165) is 16.6 Å². The third kappa shape index (κ3) is 5.98. The minimum atomic E-state index is -4.76. The number of ether oxygens (including phenoxy) is 1. The first kappa shape index (κ1) is 22.2. The van der Waals surface area contributed by atoms with Crippen molar-refractivity contribution in [2.45, 2.75) is 6.18 Å². The summed E-state index contributed by atoms with van der Waals surface area (Å²) in [5.41, 5.74) is -0.611. The number of amides is 1. The Kier molecular flexibility index (Phi) is 7.14. The van der Waals surface area contributed by atoms with Crippen molar-refractivity contribution in [2.24, 2.45) is 0 Å². The van der Waals surface area contributed by atoms with Gasteiger partial charge in [0.15, 0.2) is 5.69 Å². The maximum Gasteiger partial charge on any atom is 0.435 e. The maximum atomic E-state index is 13.4. The van der Waals surface area contributed by atoms with Gasteiger partial charge >= 0.3 is 6.18 Å². The Labute approximate surface area is 176 Å². The van der Waals surface area contributed by atoms with Crippen molar-refractivity contribution in [1.82, 2.24) is 15.1 Å². The van der Waals surface area contributed by atoms with E-state index in [1.165, 1.54) is 0 Å². The molecule has 0 saturated carbocycles. The largest absolute Gasteiger partial charge is 0.491 e. The molecule has 0 fully saturated rings. The highest BCUT2D eigenvalue weighted by atomic mass is 19.4. The molecule has 3 rings (SSSR count). The van der Waals surface area contributed by atoms with Crippen LogP contribution in [0.4, 0.5) is 18.9 Å². The molecule has 0 bridgehead atoms. The highest BCUT2D eigenvalue weighted by Gasteiger charge is 2.39. The molecule has 3 aromatic rings. The molecule has 1 aromatic heterocycles. The van der Waals surface area contributed by atoms with Crippen LogP contribution in [-0.4, -0.2) is 47.1 Å². The van der Waals surface area contributed by atoms with Crippen molar-refractivity contribution in [2.75, 3.05) is 31.6 Å². The zero-order valence-electron chi connectivity index (χ0n) is 16.4. The van der Waals surface area contributed by atoms with E-state index in [1.807, 2.05) is 0 Å². The van der Waals surface area contributed by atoms with Gasteiger partial charge in [-0.3, -0.25) is 4.79 Å². The highest BCUT2D eigenvalue weighted by molar-refractivity contribution is 5.95. The number of halogens is 3. The number of anilines is 1. The lowest BCUT2D eigenvalue weighted by Crippen LogP contribution is -2.30. The van der Waals surface area contributed by atoms with Gasteiger partial charge in [-0.25, -0.2) is 4.68 Å². The first-order chi connectivity index (χ1) is 14.9. The number of aliphatic hydroxyl groups is 1. The standard InChI is InChI=1S/C21H21F3N4O3/c22-21(23,24)19-18(14-28(27-19)16-4-2-1-3-5-16)20(30)26-11-10-25-15-6-8-17(9-7-15)31-13-12-29/h1-9,14,25,29H,10-13H2,(H,26,30). The van der Waals surface area contributed by atoms with E-state index in [0.29, 0.717) is 18.0 Å². The third-order valence-corrected chi connectivity index (χ3v) is 4.20. The molecule has 0 aliphatic rings. The van der Waals surface area contributed by atoms with Crippen molar-refractivity contribution < 1.29 is 27.8 Å². The van der Waals surface area contributed by atoms with Gasteiger partial charge in [-0.1, -0.05) is 18.2 Å². The van der Waals surface area contributed by atoms with Crippen LogP contribution in [0.3, 0.4) is 0 Å². The van der Waals surface area contributed by atoms with E-state index in [-0.39, 0.29) is 19.8 Å². The molecule has 2 aromatic carbocycles. The normalized spacial score (nSPS) is 11.2. The third-order valence-electron chi connectivity index (χ3n) is 4.20. The number of carbonyl (C=O) groups is 1. The molecule has 7 nitrogen and oxygen atoms in total. The second-order valence-electron chi connectivity index (χ2n) is 6.45. The molecular weight excluding hydrogens is 413 g/mol. The fourth-order valence-corrected chi connectivity index (χ4v) is 2.77. The van der Waals surface area contributed by atoms with E-state index < -0.39 is 23.3 Å². The number of para-hydroxylation sites is 1. The van der Waals surface area contributed by atoms with Gasteiger partial charge < -0.3 is 20.5 Å². The van der Waals surface area contributed by atoms with Crippen molar-refractivity contribution in [1.29, 1.82) is 0 Å². The number of hydrogen-bond donors (Lipinski definition) is 3. The molecule has 10 heteroatoms. The molecule has 31 heavy (non-hydrogen) atoms. The van der Waals surface area contributed by atoms with Crippen LogP contribution < -0.4 is 15.4 Å². The number of carbonyl (C=O) groups excluding carboxylic acids is 1. The monoisotopic (exact) mass is 434 g/mol. The molecule has 0 radical (unpaired) electrons. The van der Waals surface area contributed by atoms with E-state index in [9.17, 15) is 18.0 Å². The van der Waals surface area contributed by atoms with E-state index in [2.05, 4.69) is 15.7 Å². The summed E-state index contributed by atoms with van der Waals surface area (Å²) in [7, 11) is 0. The molecule has 0 unspecified atom stereocenters. The molecule has 0 atom stereocenters. The van der Waals surface area contributed by atoms with Crippen LogP contribution >= 0.6 is 0 Å². The number of nitrogens with one attached hydrogen (secondary N) is 2. The fourth-order valence-electron chi connectivity index (χ4n) is 2.77. The second-order valence-corrected chi connectivity index (χ2v) is 6.45. The topological polar surface area (TPSA) is 88.4 Å². The number of benzene rings is 2. The number of hydrogen-bond acceptors (Lipinski definition) is 5. The minimum Gasteiger partial charge on any atom is -0.491 e. The number of aliphatic hydroxyl groups excluding tert-OH is 1. The van der Waals surface area contributed by atoms with Gasteiger partial charge in [-0.15, -0.1) is 0 Å². The van der Waals surface area contributed by atoms with Crippen molar-refractivity contribution >= 4 is 11.6 Å². The maximum absolute atomic E-state index is 13.4. The molecule has 3 N–H and O–H groups in total. The van der Waals surface area contributed by atoms with Gasteiger partial charge in [-0.2, -0.15) is 18.3 Å². The predicted molar refractivity (Wildman–Crippen MR) is 108 cm³/mol. The summed E-state index contributed by atoms with van der Waals surface area (Å²) >= 11 is 0. The van der Waals surface area contributed by atoms with Crippen molar-refractivity contribution in [3.8, 4) is 11.4 Å². The Hall–Kier alpha value is -3.53. The predicted octanol–water partition coefficient (Wildman–Crippen LogP) is 3.10. The molecular formula is C21H21F3N4O3. The number of alkyl halides is 3. The highest BCUT2D eigenvalue weighted by Crippen LogP contribution is 2.31. The average Bonchev–Trinajstić information content (AvgIpc) is 3.23. The average molecular weight is 434 g/mol. The quantitative estimate of drug-likeness (QED) is 0.451. The van der Waals surface area contributed by atoms with Crippen LogP contribution in [0.5, 0.6) is 5.75 Å². The molecule has 0 saturated heterocycles. The Bertz CT molecular complexity index is 989. The Morgan fingerprint density at radius 1 is 1.06 bits per heavy atom. The zero-order chi connectivity index (χ0) is 22.3. The Balaban J connectivity index is 1.59. The molecule has 0 spiro atoms. The smallest absolute Gasteiger partial charge is 0.435 e. The molecule has 0 aliphatic carbocycles. The Morgan fingerprint density at radius 3 is 2.42 bits per heavy atom. The van der Waals surface area contributed by atoms with Crippen LogP contribution in [0.2, 0.25) is 0 Å². The summed E-state index contributed by atoms with van der Waals surface area (Å²) in [6.45, 7) is 0.520. The first-order valence-corrected chi connectivity index (χ1v) is 9.46. The fraction of sp³-hybridized carbons (Fsp3) is 0.238. The molecule has 164 valence electrons. The minimum absolute atomic E-state index is 0.0833. The van der Waals surface area contributed by atoms with Crippen LogP contribution in [0.25, 0.3) is 5.69 Å². The molecule has 1 heterocycles. The van der Waals surface area contributed by atoms with Gasteiger partial charge in [-0.05, 0) is 36.4 Å². The summed E-state index contributed by atoms with van der Waals surface area (Å²) in [5, 5.41) is 17.8. The molecule has 1 amide bonds. The first-order valence-electron chi connectivity index (χ1n) is 9.46. The number of rotatable bonds is 9. The van der Waals surface area contributed by atoms with E-state index >= 15 is 0 Å². The van der Waals surface area contributed by atoms with Crippen LogP contribution in [0.1, 0.15) is 16.1 Å². The lowest BCUT2D eigenvalue weighted by atomic mass is 10.2. The van der Waals surface area contributed by atoms with Crippen molar-refractivity contribution in [3.05, 3.63) is 72.1 Å². The summed E-state index contributed by atoms with van der Waals surface area (Å²) in [4.78, 5) is 12.4. The molecule has 0 aliphatic heterocycles. The van der Waals surface area contributed by atoms with Gasteiger partial charge in [0.05, 0.1) is 17.9 Å².